The molecule has 3 heterocycles. The maximum atomic E-state index is 13.0. The first-order chi connectivity index (χ1) is 13.9. The van der Waals surface area contributed by atoms with Crippen molar-refractivity contribution < 1.29 is 14.1 Å². The summed E-state index contributed by atoms with van der Waals surface area (Å²) in [6, 6.07) is 7.83. The molecule has 29 heavy (non-hydrogen) atoms. The summed E-state index contributed by atoms with van der Waals surface area (Å²) in [5.74, 6) is 1.37. The highest BCUT2D eigenvalue weighted by atomic mass is 16.5. The highest BCUT2D eigenvalue weighted by Crippen LogP contribution is 2.38. The van der Waals surface area contributed by atoms with Crippen molar-refractivity contribution in [1.29, 1.82) is 0 Å². The van der Waals surface area contributed by atoms with Crippen LogP contribution in [-0.2, 0) is 6.61 Å². The molecule has 0 bridgehead atoms. The van der Waals surface area contributed by atoms with Gasteiger partial charge in [-0.05, 0) is 70.3 Å². The van der Waals surface area contributed by atoms with Crippen molar-refractivity contribution in [1.82, 2.24) is 15.0 Å². The van der Waals surface area contributed by atoms with E-state index in [0.29, 0.717) is 11.5 Å². The lowest BCUT2D eigenvalue weighted by molar-refractivity contribution is 0.0201. The van der Waals surface area contributed by atoms with E-state index >= 15 is 0 Å². The fraction of sp³-hybridized carbons (Fsp3) is 0.565. The zero-order valence-corrected chi connectivity index (χ0v) is 17.7. The summed E-state index contributed by atoms with van der Waals surface area (Å²) < 4.78 is 11.3. The molecule has 0 saturated carbocycles. The predicted molar refractivity (Wildman–Crippen MR) is 111 cm³/mol. The van der Waals surface area contributed by atoms with Crippen LogP contribution >= 0.6 is 0 Å². The maximum Gasteiger partial charge on any atom is 0.276 e. The smallest absolute Gasteiger partial charge is 0.276 e. The number of aromatic nitrogens is 1. The van der Waals surface area contributed by atoms with Crippen LogP contribution in [0.15, 0.2) is 28.8 Å². The highest BCUT2D eigenvalue weighted by Gasteiger charge is 2.40. The van der Waals surface area contributed by atoms with E-state index < -0.39 is 0 Å². The second kappa shape index (κ2) is 8.19. The average Bonchev–Trinajstić information content (AvgIpc) is 3.17. The normalized spacial score (nSPS) is 22.8. The molecule has 2 aliphatic heterocycles. The Bertz CT molecular complexity index is 874. The molecule has 1 spiro atoms. The number of likely N-dealkylation sites (tertiary alicyclic amines) is 2. The number of rotatable bonds is 4. The van der Waals surface area contributed by atoms with Crippen molar-refractivity contribution in [2.75, 3.05) is 33.2 Å². The zero-order chi connectivity index (χ0) is 20.4. The van der Waals surface area contributed by atoms with Gasteiger partial charge < -0.3 is 19.1 Å². The number of piperidine rings is 2. The average molecular weight is 398 g/mol. The van der Waals surface area contributed by atoms with Crippen molar-refractivity contribution in [3.8, 4) is 5.75 Å². The van der Waals surface area contributed by atoms with Crippen molar-refractivity contribution >= 4 is 5.91 Å². The lowest BCUT2D eigenvalue weighted by Gasteiger charge is -2.47. The van der Waals surface area contributed by atoms with Crippen molar-refractivity contribution in [3.05, 3.63) is 46.8 Å². The molecule has 0 unspecified atom stereocenters. The standard InChI is InChI=1S/C23H31N3O3/c1-17-6-7-18(2)21(12-17)28-14-19-13-20(24-29-19)22(27)26-11-5-9-23(16-26)8-4-10-25(3)15-23/h6-7,12-13H,4-5,8-11,14-16H2,1-3H3/t23-/m0/s1. The Morgan fingerprint density at radius 3 is 2.76 bits per heavy atom. The summed E-state index contributed by atoms with van der Waals surface area (Å²) in [4.78, 5) is 17.4. The first-order valence-electron chi connectivity index (χ1n) is 10.6. The van der Waals surface area contributed by atoms with Crippen LogP contribution in [-0.4, -0.2) is 54.1 Å². The van der Waals surface area contributed by atoms with Gasteiger partial charge in [0.2, 0.25) is 0 Å². The molecule has 2 fully saturated rings. The summed E-state index contributed by atoms with van der Waals surface area (Å²) in [5, 5.41) is 4.04. The molecule has 0 aliphatic carbocycles. The van der Waals surface area contributed by atoms with E-state index in [2.05, 4.69) is 23.2 Å². The van der Waals surface area contributed by atoms with E-state index in [0.717, 1.165) is 49.5 Å². The fourth-order valence-corrected chi connectivity index (χ4v) is 4.82. The van der Waals surface area contributed by atoms with Crippen LogP contribution in [0.1, 0.15) is 53.1 Å². The van der Waals surface area contributed by atoms with Gasteiger partial charge in [0.25, 0.3) is 5.91 Å². The first kappa shape index (κ1) is 20.0. The van der Waals surface area contributed by atoms with Crippen LogP contribution in [0.3, 0.4) is 0 Å². The molecule has 0 radical (unpaired) electrons. The van der Waals surface area contributed by atoms with Crippen LogP contribution in [0, 0.1) is 19.3 Å². The summed E-state index contributed by atoms with van der Waals surface area (Å²) in [7, 11) is 2.18. The summed E-state index contributed by atoms with van der Waals surface area (Å²) in [6.07, 6.45) is 4.67. The van der Waals surface area contributed by atoms with Crippen LogP contribution in [0.5, 0.6) is 5.75 Å². The zero-order valence-electron chi connectivity index (χ0n) is 17.7. The summed E-state index contributed by atoms with van der Waals surface area (Å²) >= 11 is 0. The maximum absolute atomic E-state index is 13.0. The molecule has 6 heteroatoms. The van der Waals surface area contributed by atoms with Crippen molar-refractivity contribution in [2.24, 2.45) is 5.41 Å². The molecule has 2 aliphatic rings. The molecule has 1 aromatic carbocycles. The second-order valence-corrected chi connectivity index (χ2v) is 8.91. The minimum Gasteiger partial charge on any atom is -0.485 e. The Kier molecular flexibility index (Phi) is 5.63. The highest BCUT2D eigenvalue weighted by molar-refractivity contribution is 5.92. The number of hydrogen-bond acceptors (Lipinski definition) is 5. The molecule has 1 atom stereocenters. The van der Waals surface area contributed by atoms with Crippen molar-refractivity contribution in [3.63, 3.8) is 0 Å². The fourth-order valence-electron chi connectivity index (χ4n) is 4.82. The van der Waals surface area contributed by atoms with Gasteiger partial charge in [-0.25, -0.2) is 0 Å². The molecule has 6 nitrogen and oxygen atoms in total. The van der Waals surface area contributed by atoms with E-state index in [9.17, 15) is 4.79 Å². The van der Waals surface area contributed by atoms with Gasteiger partial charge in [-0.3, -0.25) is 4.79 Å². The van der Waals surface area contributed by atoms with E-state index in [-0.39, 0.29) is 17.9 Å². The third-order valence-electron chi connectivity index (χ3n) is 6.29. The van der Waals surface area contributed by atoms with Gasteiger partial charge in [0.05, 0.1) is 0 Å². The van der Waals surface area contributed by atoms with Gasteiger partial charge >= 0.3 is 0 Å². The summed E-state index contributed by atoms with van der Waals surface area (Å²) in [5.41, 5.74) is 2.83. The molecule has 4 rings (SSSR count). The topological polar surface area (TPSA) is 58.8 Å². The largest absolute Gasteiger partial charge is 0.485 e. The number of amides is 1. The van der Waals surface area contributed by atoms with E-state index in [1.807, 2.05) is 30.9 Å². The van der Waals surface area contributed by atoms with E-state index in [1.54, 1.807) is 6.07 Å². The number of ether oxygens (including phenoxy) is 1. The Morgan fingerprint density at radius 2 is 1.97 bits per heavy atom. The van der Waals surface area contributed by atoms with Crippen molar-refractivity contribution in [2.45, 2.75) is 46.1 Å². The number of hydrogen-bond donors (Lipinski definition) is 0. The lowest BCUT2D eigenvalue weighted by Crippen LogP contribution is -2.52. The van der Waals surface area contributed by atoms with Crippen LogP contribution in [0.4, 0.5) is 0 Å². The minimum atomic E-state index is -0.0287. The Labute approximate surface area is 172 Å². The Balaban J connectivity index is 1.39. The lowest BCUT2D eigenvalue weighted by atomic mass is 9.74. The molecule has 2 saturated heterocycles. The minimum absolute atomic E-state index is 0.0287. The van der Waals surface area contributed by atoms with E-state index in [1.165, 1.54) is 19.3 Å². The number of carbonyl (C=O) groups is 1. The summed E-state index contributed by atoms with van der Waals surface area (Å²) in [6.45, 7) is 8.15. The number of benzene rings is 1. The molecule has 1 aromatic heterocycles. The molecule has 1 amide bonds. The van der Waals surface area contributed by atoms with Gasteiger partial charge in [0.15, 0.2) is 11.5 Å². The predicted octanol–water partition coefficient (Wildman–Crippen LogP) is 3.82. The van der Waals surface area contributed by atoms with Gasteiger partial charge in [-0.15, -0.1) is 0 Å². The first-order valence-corrected chi connectivity index (χ1v) is 10.6. The monoisotopic (exact) mass is 397 g/mol. The van der Waals surface area contributed by atoms with Crippen LogP contribution in [0.25, 0.3) is 0 Å². The van der Waals surface area contributed by atoms with Gasteiger partial charge in [-0.1, -0.05) is 17.3 Å². The second-order valence-electron chi connectivity index (χ2n) is 8.91. The van der Waals surface area contributed by atoms with Gasteiger partial charge in [0, 0.05) is 31.1 Å². The van der Waals surface area contributed by atoms with Crippen LogP contribution in [0.2, 0.25) is 0 Å². The number of aryl methyl sites for hydroxylation is 2. The number of carbonyl (C=O) groups excluding carboxylic acids is 1. The molecule has 2 aromatic rings. The van der Waals surface area contributed by atoms with Gasteiger partial charge in [0.1, 0.15) is 12.4 Å². The third kappa shape index (κ3) is 4.47. The number of nitrogens with zero attached hydrogens (tertiary/aromatic N) is 3. The molecule has 0 N–H and O–H groups in total. The third-order valence-corrected chi connectivity index (χ3v) is 6.29. The SMILES string of the molecule is Cc1ccc(C)c(OCc2cc(C(=O)N3CCC[C@]4(CCCN(C)C4)C3)no2)c1. The van der Waals surface area contributed by atoms with Gasteiger partial charge in [-0.2, -0.15) is 0 Å². The van der Waals surface area contributed by atoms with Crippen LogP contribution < -0.4 is 4.74 Å². The molecular weight excluding hydrogens is 366 g/mol. The Morgan fingerprint density at radius 1 is 1.17 bits per heavy atom. The van der Waals surface area contributed by atoms with E-state index in [4.69, 9.17) is 9.26 Å². The Hall–Kier alpha value is -2.34. The quantitative estimate of drug-likeness (QED) is 0.785. The molecular formula is C23H31N3O3. The molecule has 156 valence electrons.